The lowest BCUT2D eigenvalue weighted by Crippen LogP contribution is -1.99. The number of aliphatic hydroxyl groups is 1. The molecule has 1 aromatic carbocycles. The molecule has 0 radical (unpaired) electrons. The van der Waals surface area contributed by atoms with Gasteiger partial charge in [-0.25, -0.2) is 4.98 Å². The van der Waals surface area contributed by atoms with Gasteiger partial charge in [-0.05, 0) is 37.5 Å². The lowest BCUT2D eigenvalue weighted by Gasteiger charge is -2.06. The first-order valence-corrected chi connectivity index (χ1v) is 7.00. The van der Waals surface area contributed by atoms with Gasteiger partial charge in [-0.15, -0.1) is 11.3 Å². The van der Waals surface area contributed by atoms with Crippen molar-refractivity contribution in [2.45, 2.75) is 26.3 Å². The highest BCUT2D eigenvalue weighted by molar-refractivity contribution is 7.09. The Kier molecular flexibility index (Phi) is 4.73. The minimum absolute atomic E-state index is 0.246. The average molecular weight is 262 g/mol. The average Bonchev–Trinajstić information content (AvgIpc) is 2.80. The summed E-state index contributed by atoms with van der Waals surface area (Å²) in [6.45, 7) is 3.02. The van der Waals surface area contributed by atoms with Crippen molar-refractivity contribution in [1.82, 2.24) is 4.98 Å². The van der Waals surface area contributed by atoms with Crippen molar-refractivity contribution >= 4 is 17.0 Å². The largest absolute Gasteiger partial charge is 0.396 e. The first-order chi connectivity index (χ1) is 8.78. The summed E-state index contributed by atoms with van der Waals surface area (Å²) >= 11 is 1.68. The van der Waals surface area contributed by atoms with Crippen LogP contribution in [0.15, 0.2) is 29.6 Å². The number of anilines is 1. The standard InChI is InChI=1S/C14H18N2OS/c1-11-10-18-14(16-11)9-15-13-6-2-4-12(8-13)5-3-7-17/h2,4,6,8,10,15,17H,3,5,7,9H2,1H3. The van der Waals surface area contributed by atoms with Gasteiger partial charge < -0.3 is 10.4 Å². The second-order valence-electron chi connectivity index (χ2n) is 4.26. The number of rotatable bonds is 6. The number of benzene rings is 1. The van der Waals surface area contributed by atoms with E-state index in [1.54, 1.807) is 11.3 Å². The molecule has 0 bridgehead atoms. The van der Waals surface area contributed by atoms with Crippen LogP contribution in [-0.2, 0) is 13.0 Å². The summed E-state index contributed by atoms with van der Waals surface area (Å²) in [6, 6.07) is 8.33. The molecule has 1 heterocycles. The maximum atomic E-state index is 8.83. The van der Waals surface area contributed by atoms with Gasteiger partial charge in [0, 0.05) is 23.4 Å². The van der Waals surface area contributed by atoms with E-state index in [4.69, 9.17) is 5.11 Å². The summed E-state index contributed by atoms with van der Waals surface area (Å²) < 4.78 is 0. The van der Waals surface area contributed by atoms with Crippen LogP contribution in [0.5, 0.6) is 0 Å². The molecule has 0 atom stereocenters. The molecule has 96 valence electrons. The Morgan fingerprint density at radius 2 is 2.28 bits per heavy atom. The van der Waals surface area contributed by atoms with Crippen molar-refractivity contribution in [3.05, 3.63) is 45.9 Å². The van der Waals surface area contributed by atoms with Crippen molar-refractivity contribution < 1.29 is 5.11 Å². The summed E-state index contributed by atoms with van der Waals surface area (Å²) in [5, 5.41) is 15.4. The van der Waals surface area contributed by atoms with E-state index in [-0.39, 0.29) is 6.61 Å². The Morgan fingerprint density at radius 1 is 1.39 bits per heavy atom. The molecule has 0 aliphatic heterocycles. The van der Waals surface area contributed by atoms with Gasteiger partial charge in [0.25, 0.3) is 0 Å². The molecule has 18 heavy (non-hydrogen) atoms. The predicted octanol–water partition coefficient (Wildman–Crippen LogP) is 2.99. The molecule has 3 nitrogen and oxygen atoms in total. The van der Waals surface area contributed by atoms with Gasteiger partial charge in [0.05, 0.1) is 6.54 Å². The topological polar surface area (TPSA) is 45.1 Å². The minimum Gasteiger partial charge on any atom is -0.396 e. The molecular formula is C14H18N2OS. The van der Waals surface area contributed by atoms with Crippen LogP contribution in [0.1, 0.15) is 22.7 Å². The van der Waals surface area contributed by atoms with Gasteiger partial charge in [0.1, 0.15) is 5.01 Å². The fourth-order valence-corrected chi connectivity index (χ4v) is 2.49. The molecule has 0 saturated carbocycles. The molecule has 0 aliphatic rings. The van der Waals surface area contributed by atoms with Crippen LogP contribution in [0, 0.1) is 6.92 Å². The van der Waals surface area contributed by atoms with Gasteiger partial charge in [-0.1, -0.05) is 12.1 Å². The van der Waals surface area contributed by atoms with E-state index >= 15 is 0 Å². The van der Waals surface area contributed by atoms with Crippen molar-refractivity contribution in [1.29, 1.82) is 0 Å². The first kappa shape index (κ1) is 13.1. The van der Waals surface area contributed by atoms with Crippen LogP contribution >= 0.6 is 11.3 Å². The van der Waals surface area contributed by atoms with E-state index in [1.807, 2.05) is 13.0 Å². The lowest BCUT2D eigenvalue weighted by atomic mass is 10.1. The van der Waals surface area contributed by atoms with E-state index in [0.29, 0.717) is 0 Å². The smallest absolute Gasteiger partial charge is 0.112 e. The molecule has 0 aliphatic carbocycles. The summed E-state index contributed by atoms with van der Waals surface area (Å²) in [5.74, 6) is 0. The molecular weight excluding hydrogens is 244 g/mol. The summed E-state index contributed by atoms with van der Waals surface area (Å²) in [7, 11) is 0. The van der Waals surface area contributed by atoms with Gasteiger partial charge in [0.2, 0.25) is 0 Å². The molecule has 0 amide bonds. The van der Waals surface area contributed by atoms with Crippen LogP contribution in [-0.4, -0.2) is 16.7 Å². The summed E-state index contributed by atoms with van der Waals surface area (Å²) in [4.78, 5) is 4.42. The van der Waals surface area contributed by atoms with Crippen molar-refractivity contribution in [2.24, 2.45) is 0 Å². The number of nitrogens with one attached hydrogen (secondary N) is 1. The van der Waals surface area contributed by atoms with Crippen molar-refractivity contribution in [3.63, 3.8) is 0 Å². The monoisotopic (exact) mass is 262 g/mol. The fraction of sp³-hybridized carbons (Fsp3) is 0.357. The third kappa shape index (κ3) is 3.82. The lowest BCUT2D eigenvalue weighted by molar-refractivity contribution is 0.288. The van der Waals surface area contributed by atoms with Gasteiger partial charge in [-0.3, -0.25) is 0 Å². The number of aromatic nitrogens is 1. The first-order valence-electron chi connectivity index (χ1n) is 6.12. The number of aliphatic hydroxyl groups excluding tert-OH is 1. The quantitative estimate of drug-likeness (QED) is 0.841. The number of hydrogen-bond acceptors (Lipinski definition) is 4. The van der Waals surface area contributed by atoms with Crippen LogP contribution in [0.4, 0.5) is 5.69 Å². The zero-order valence-corrected chi connectivity index (χ0v) is 11.3. The van der Waals surface area contributed by atoms with E-state index in [0.717, 1.165) is 35.8 Å². The predicted molar refractivity (Wildman–Crippen MR) is 76.0 cm³/mol. The maximum Gasteiger partial charge on any atom is 0.112 e. The molecule has 4 heteroatoms. The molecule has 2 N–H and O–H groups in total. The maximum absolute atomic E-state index is 8.83. The second kappa shape index (κ2) is 6.52. The van der Waals surface area contributed by atoms with Crippen LogP contribution in [0.3, 0.4) is 0 Å². The summed E-state index contributed by atoms with van der Waals surface area (Å²) in [6.07, 6.45) is 1.73. The SMILES string of the molecule is Cc1csc(CNc2cccc(CCCO)c2)n1. The normalized spacial score (nSPS) is 10.6. The van der Waals surface area contributed by atoms with E-state index in [2.05, 4.69) is 33.9 Å². The Labute approximate surface area is 112 Å². The minimum atomic E-state index is 0.246. The third-order valence-corrected chi connectivity index (χ3v) is 3.63. The van der Waals surface area contributed by atoms with Gasteiger partial charge in [0.15, 0.2) is 0 Å². The number of aryl methyl sites for hydroxylation is 2. The highest BCUT2D eigenvalue weighted by atomic mass is 32.1. The number of thiazole rings is 1. The highest BCUT2D eigenvalue weighted by Gasteiger charge is 1.99. The van der Waals surface area contributed by atoms with Crippen LogP contribution < -0.4 is 5.32 Å². The Hall–Kier alpha value is -1.39. The molecule has 1 aromatic heterocycles. The molecule has 0 saturated heterocycles. The van der Waals surface area contributed by atoms with Crippen molar-refractivity contribution in [3.8, 4) is 0 Å². The van der Waals surface area contributed by atoms with Gasteiger partial charge >= 0.3 is 0 Å². The molecule has 2 aromatic rings. The molecule has 0 fully saturated rings. The molecule has 2 rings (SSSR count). The summed E-state index contributed by atoms with van der Waals surface area (Å²) in [5.41, 5.74) is 3.44. The fourth-order valence-electron chi connectivity index (χ4n) is 1.78. The number of nitrogens with zero attached hydrogens (tertiary/aromatic N) is 1. The highest BCUT2D eigenvalue weighted by Crippen LogP contribution is 2.15. The van der Waals surface area contributed by atoms with Gasteiger partial charge in [-0.2, -0.15) is 0 Å². The van der Waals surface area contributed by atoms with Crippen molar-refractivity contribution in [2.75, 3.05) is 11.9 Å². The van der Waals surface area contributed by atoms with E-state index in [9.17, 15) is 0 Å². The van der Waals surface area contributed by atoms with E-state index in [1.165, 1.54) is 5.56 Å². The molecule has 0 unspecified atom stereocenters. The Balaban J connectivity index is 1.92. The third-order valence-electron chi connectivity index (χ3n) is 2.66. The Morgan fingerprint density at radius 3 is 3.00 bits per heavy atom. The zero-order valence-electron chi connectivity index (χ0n) is 10.5. The Bertz CT molecular complexity index is 496. The zero-order chi connectivity index (χ0) is 12.8. The van der Waals surface area contributed by atoms with Crippen LogP contribution in [0.25, 0.3) is 0 Å². The second-order valence-corrected chi connectivity index (χ2v) is 5.21. The molecule has 0 spiro atoms. The van der Waals surface area contributed by atoms with Crippen LogP contribution in [0.2, 0.25) is 0 Å². The van der Waals surface area contributed by atoms with E-state index < -0.39 is 0 Å². The number of hydrogen-bond donors (Lipinski definition) is 2.